The summed E-state index contributed by atoms with van der Waals surface area (Å²) in [5, 5.41) is 15.6. The standard InChI is InChI=1S/C22H27N5O4/c1-14-17(15(2)25(3)24-14)20(28)18-19(16-5-4-6-23-13-16)27(22(30)21(18)29)8-7-26-9-11-31-12-10-26/h4-6,13,19,28H,7-12H2,1-3H3/t19-/m0/s1. The summed E-state index contributed by atoms with van der Waals surface area (Å²) in [6.07, 6.45) is 3.27. The highest BCUT2D eigenvalue weighted by molar-refractivity contribution is 6.46. The van der Waals surface area contributed by atoms with Crippen LogP contribution in [0.25, 0.3) is 5.76 Å². The van der Waals surface area contributed by atoms with E-state index in [-0.39, 0.29) is 11.3 Å². The van der Waals surface area contributed by atoms with Crippen molar-refractivity contribution in [1.82, 2.24) is 24.6 Å². The van der Waals surface area contributed by atoms with Gasteiger partial charge in [-0.2, -0.15) is 5.10 Å². The summed E-state index contributed by atoms with van der Waals surface area (Å²) in [6, 6.07) is 2.88. The quantitative estimate of drug-likeness (QED) is 0.436. The zero-order valence-electron chi connectivity index (χ0n) is 18.0. The maximum Gasteiger partial charge on any atom is 0.295 e. The van der Waals surface area contributed by atoms with Gasteiger partial charge in [0, 0.05) is 51.3 Å². The molecule has 1 amide bonds. The molecule has 0 aromatic carbocycles. The normalized spacial score (nSPS) is 21.8. The van der Waals surface area contributed by atoms with Gasteiger partial charge in [0.05, 0.1) is 36.1 Å². The molecule has 0 saturated carbocycles. The summed E-state index contributed by atoms with van der Waals surface area (Å²) in [7, 11) is 1.78. The number of ether oxygens (including phenoxy) is 1. The molecule has 0 aliphatic carbocycles. The van der Waals surface area contributed by atoms with E-state index < -0.39 is 17.7 Å². The monoisotopic (exact) mass is 425 g/mol. The molecule has 0 spiro atoms. The van der Waals surface area contributed by atoms with Gasteiger partial charge in [0.15, 0.2) is 0 Å². The number of aliphatic hydroxyl groups is 1. The van der Waals surface area contributed by atoms with Gasteiger partial charge >= 0.3 is 0 Å². The van der Waals surface area contributed by atoms with Crippen molar-refractivity contribution < 1.29 is 19.4 Å². The number of aliphatic hydroxyl groups excluding tert-OH is 1. The lowest BCUT2D eigenvalue weighted by Crippen LogP contribution is -2.42. The average Bonchev–Trinajstić information content (AvgIpc) is 3.18. The molecule has 9 nitrogen and oxygen atoms in total. The Hall–Kier alpha value is -3.04. The van der Waals surface area contributed by atoms with Gasteiger partial charge in [-0.3, -0.25) is 24.2 Å². The molecule has 2 fully saturated rings. The number of aromatic nitrogens is 3. The molecule has 1 N–H and O–H groups in total. The molecule has 2 aromatic heterocycles. The van der Waals surface area contributed by atoms with Gasteiger partial charge in [0.1, 0.15) is 5.76 Å². The fraction of sp³-hybridized carbons (Fsp3) is 0.455. The average molecular weight is 425 g/mol. The molecular formula is C22H27N5O4. The second-order valence-corrected chi connectivity index (χ2v) is 7.90. The Balaban J connectivity index is 1.76. The second-order valence-electron chi connectivity index (χ2n) is 7.90. The van der Waals surface area contributed by atoms with Crippen molar-refractivity contribution in [2.24, 2.45) is 7.05 Å². The van der Waals surface area contributed by atoms with Gasteiger partial charge in [0.2, 0.25) is 0 Å². The smallest absolute Gasteiger partial charge is 0.295 e. The number of aryl methyl sites for hydroxylation is 2. The first-order chi connectivity index (χ1) is 14.9. The third-order valence-corrected chi connectivity index (χ3v) is 6.05. The molecule has 2 aromatic rings. The van der Waals surface area contributed by atoms with Gasteiger partial charge in [-0.15, -0.1) is 0 Å². The first-order valence-electron chi connectivity index (χ1n) is 10.4. The minimum Gasteiger partial charge on any atom is -0.507 e. The molecule has 31 heavy (non-hydrogen) atoms. The Morgan fingerprint density at radius 1 is 1.23 bits per heavy atom. The van der Waals surface area contributed by atoms with Crippen LogP contribution in [0.4, 0.5) is 0 Å². The molecule has 2 aliphatic rings. The Labute approximate surface area is 180 Å². The molecular weight excluding hydrogens is 398 g/mol. The summed E-state index contributed by atoms with van der Waals surface area (Å²) < 4.78 is 7.04. The van der Waals surface area contributed by atoms with Crippen molar-refractivity contribution in [3.05, 3.63) is 52.6 Å². The molecule has 2 aliphatic heterocycles. The van der Waals surface area contributed by atoms with Crippen LogP contribution in [0.5, 0.6) is 0 Å². The number of amides is 1. The Morgan fingerprint density at radius 2 is 1.97 bits per heavy atom. The van der Waals surface area contributed by atoms with E-state index in [2.05, 4.69) is 15.0 Å². The number of morpholine rings is 1. The highest BCUT2D eigenvalue weighted by Gasteiger charge is 2.46. The van der Waals surface area contributed by atoms with Crippen LogP contribution < -0.4 is 0 Å². The SMILES string of the molecule is Cc1nn(C)c(C)c1C(O)=C1C(=O)C(=O)N(CCN2CCOCC2)[C@H]1c1cccnc1. The predicted octanol–water partition coefficient (Wildman–Crippen LogP) is 1.19. The van der Waals surface area contributed by atoms with Gasteiger partial charge in [-0.25, -0.2) is 0 Å². The van der Waals surface area contributed by atoms with Crippen molar-refractivity contribution in [2.75, 3.05) is 39.4 Å². The molecule has 0 bridgehead atoms. The van der Waals surface area contributed by atoms with Crippen LogP contribution in [0.15, 0.2) is 30.1 Å². The van der Waals surface area contributed by atoms with E-state index in [0.29, 0.717) is 43.1 Å². The van der Waals surface area contributed by atoms with Crippen LogP contribution in [0, 0.1) is 13.8 Å². The van der Waals surface area contributed by atoms with Crippen LogP contribution in [0.2, 0.25) is 0 Å². The van der Waals surface area contributed by atoms with Crippen LogP contribution >= 0.6 is 0 Å². The molecule has 0 unspecified atom stereocenters. The predicted molar refractivity (Wildman–Crippen MR) is 113 cm³/mol. The summed E-state index contributed by atoms with van der Waals surface area (Å²) in [6.45, 7) is 7.47. The first kappa shape index (κ1) is 21.2. The first-order valence-corrected chi connectivity index (χ1v) is 10.4. The van der Waals surface area contributed by atoms with Crippen LogP contribution in [-0.4, -0.2) is 80.8 Å². The van der Waals surface area contributed by atoms with Crippen molar-refractivity contribution in [2.45, 2.75) is 19.9 Å². The number of hydrogen-bond donors (Lipinski definition) is 1. The highest BCUT2D eigenvalue weighted by Crippen LogP contribution is 2.39. The highest BCUT2D eigenvalue weighted by atomic mass is 16.5. The van der Waals surface area contributed by atoms with Gasteiger partial charge in [0.25, 0.3) is 11.7 Å². The van der Waals surface area contributed by atoms with E-state index in [1.807, 2.05) is 13.0 Å². The number of ketones is 1. The lowest BCUT2D eigenvalue weighted by molar-refractivity contribution is -0.140. The maximum absolute atomic E-state index is 13.1. The van der Waals surface area contributed by atoms with Crippen molar-refractivity contribution in [3.63, 3.8) is 0 Å². The lowest BCUT2D eigenvalue weighted by Gasteiger charge is -2.30. The summed E-state index contributed by atoms with van der Waals surface area (Å²) in [5.74, 6) is -1.48. The molecule has 4 heterocycles. The van der Waals surface area contributed by atoms with Gasteiger partial charge in [-0.05, 0) is 25.5 Å². The van der Waals surface area contributed by atoms with E-state index in [0.717, 1.165) is 18.8 Å². The van der Waals surface area contributed by atoms with E-state index in [4.69, 9.17) is 4.74 Å². The number of carbonyl (C=O) groups excluding carboxylic acids is 2. The minimum absolute atomic E-state index is 0.0826. The molecule has 0 radical (unpaired) electrons. The number of likely N-dealkylation sites (tertiary alicyclic amines) is 1. The molecule has 2 saturated heterocycles. The number of hydrogen-bond acceptors (Lipinski definition) is 7. The summed E-state index contributed by atoms with van der Waals surface area (Å²) in [5.41, 5.74) is 2.58. The Morgan fingerprint density at radius 3 is 2.58 bits per heavy atom. The largest absolute Gasteiger partial charge is 0.507 e. The maximum atomic E-state index is 13.1. The second kappa shape index (κ2) is 8.60. The third-order valence-electron chi connectivity index (χ3n) is 6.05. The van der Waals surface area contributed by atoms with Crippen molar-refractivity contribution in [1.29, 1.82) is 0 Å². The van der Waals surface area contributed by atoms with Gasteiger partial charge < -0.3 is 14.7 Å². The Kier molecular flexibility index (Phi) is 5.88. The van der Waals surface area contributed by atoms with E-state index >= 15 is 0 Å². The number of nitrogens with zero attached hydrogens (tertiary/aromatic N) is 5. The number of rotatable bonds is 5. The summed E-state index contributed by atoms with van der Waals surface area (Å²) >= 11 is 0. The topological polar surface area (TPSA) is 101 Å². The van der Waals surface area contributed by atoms with Crippen LogP contribution in [0.1, 0.15) is 28.6 Å². The summed E-state index contributed by atoms with van der Waals surface area (Å²) in [4.78, 5) is 34.1. The third kappa shape index (κ3) is 3.86. The van der Waals surface area contributed by atoms with Crippen LogP contribution in [0.3, 0.4) is 0 Å². The number of carbonyl (C=O) groups is 2. The van der Waals surface area contributed by atoms with E-state index in [1.54, 1.807) is 42.0 Å². The minimum atomic E-state index is -0.700. The lowest BCUT2D eigenvalue weighted by atomic mass is 9.95. The van der Waals surface area contributed by atoms with Crippen molar-refractivity contribution >= 4 is 17.4 Å². The molecule has 4 rings (SSSR count). The van der Waals surface area contributed by atoms with E-state index in [9.17, 15) is 14.7 Å². The Bertz CT molecular complexity index is 1020. The molecule has 1 atom stereocenters. The van der Waals surface area contributed by atoms with Crippen molar-refractivity contribution in [3.8, 4) is 0 Å². The fourth-order valence-electron chi connectivity index (χ4n) is 4.32. The zero-order chi connectivity index (χ0) is 22.1. The van der Waals surface area contributed by atoms with Gasteiger partial charge in [-0.1, -0.05) is 6.07 Å². The molecule has 164 valence electrons. The molecule has 9 heteroatoms. The number of pyridine rings is 1. The van der Waals surface area contributed by atoms with Crippen LogP contribution in [-0.2, 0) is 21.4 Å². The zero-order valence-corrected chi connectivity index (χ0v) is 18.0. The fourth-order valence-corrected chi connectivity index (χ4v) is 4.32. The number of Topliss-reactive ketones (excluding diaryl/α,β-unsaturated/α-hetero) is 1. The van der Waals surface area contributed by atoms with E-state index in [1.165, 1.54) is 0 Å².